The Morgan fingerprint density at radius 3 is 2.44 bits per heavy atom. The third-order valence-corrected chi connectivity index (χ3v) is 5.67. The first-order chi connectivity index (χ1) is 15.1. The summed E-state index contributed by atoms with van der Waals surface area (Å²) in [5, 5.41) is 3.01. The van der Waals surface area contributed by atoms with Gasteiger partial charge in [0.2, 0.25) is 5.60 Å². The van der Waals surface area contributed by atoms with Crippen molar-refractivity contribution in [3.8, 4) is 0 Å². The van der Waals surface area contributed by atoms with Crippen LogP contribution >= 0.6 is 0 Å². The molecular formula is C24H33NO7. The Bertz CT molecular complexity index is 906. The molecule has 8 heteroatoms. The van der Waals surface area contributed by atoms with Crippen LogP contribution in [0.1, 0.15) is 58.1 Å². The maximum Gasteiger partial charge on any atom is 0.312 e. The smallest absolute Gasteiger partial charge is 0.312 e. The molecule has 0 spiro atoms. The second kappa shape index (κ2) is 10.2. The number of unbranched alkanes of at least 4 members (excludes halogenated alkanes) is 1. The Morgan fingerprint density at radius 2 is 1.94 bits per heavy atom. The number of nitrogens with one attached hydrogen (secondary N) is 1. The fourth-order valence-corrected chi connectivity index (χ4v) is 3.82. The van der Waals surface area contributed by atoms with E-state index in [9.17, 15) is 14.4 Å². The van der Waals surface area contributed by atoms with E-state index >= 15 is 0 Å². The lowest BCUT2D eigenvalue weighted by Gasteiger charge is -2.42. The van der Waals surface area contributed by atoms with Gasteiger partial charge in [-0.1, -0.05) is 25.8 Å². The SMILES string of the molecule is CCCCC(C)(C)C(=O)OC1(C=O)c2ccc(NC)cc2C(OC(C)=O)=C(OC)C1OC. The van der Waals surface area contributed by atoms with Gasteiger partial charge in [0.25, 0.3) is 0 Å². The fraction of sp³-hybridized carbons (Fsp3) is 0.542. The van der Waals surface area contributed by atoms with Gasteiger partial charge in [0, 0.05) is 37.9 Å². The molecule has 0 fully saturated rings. The zero-order valence-electron chi connectivity index (χ0n) is 19.9. The number of esters is 2. The molecule has 176 valence electrons. The third kappa shape index (κ3) is 4.65. The maximum atomic E-state index is 13.3. The highest BCUT2D eigenvalue weighted by Crippen LogP contribution is 2.47. The summed E-state index contributed by atoms with van der Waals surface area (Å²) >= 11 is 0. The van der Waals surface area contributed by atoms with Crippen LogP contribution in [0.2, 0.25) is 0 Å². The summed E-state index contributed by atoms with van der Waals surface area (Å²) in [7, 11) is 4.48. The molecule has 0 aliphatic heterocycles. The number of methoxy groups -OCH3 is 2. The van der Waals surface area contributed by atoms with Gasteiger partial charge in [0.05, 0.1) is 12.5 Å². The molecule has 0 saturated carbocycles. The van der Waals surface area contributed by atoms with Gasteiger partial charge < -0.3 is 24.3 Å². The third-order valence-electron chi connectivity index (χ3n) is 5.67. The number of anilines is 1. The molecule has 32 heavy (non-hydrogen) atoms. The Hall–Kier alpha value is -2.87. The lowest BCUT2D eigenvalue weighted by molar-refractivity contribution is -0.188. The van der Waals surface area contributed by atoms with Crippen LogP contribution < -0.4 is 5.32 Å². The van der Waals surface area contributed by atoms with E-state index in [1.54, 1.807) is 39.1 Å². The summed E-state index contributed by atoms with van der Waals surface area (Å²) in [6.07, 6.45) is 1.76. The number of fused-ring (bicyclic) bond motifs is 1. The van der Waals surface area contributed by atoms with Crippen LogP contribution in [0, 0.1) is 5.41 Å². The van der Waals surface area contributed by atoms with Crippen LogP contribution in [-0.4, -0.2) is 45.6 Å². The van der Waals surface area contributed by atoms with Gasteiger partial charge >= 0.3 is 11.9 Å². The van der Waals surface area contributed by atoms with Crippen molar-refractivity contribution in [3.63, 3.8) is 0 Å². The summed E-state index contributed by atoms with van der Waals surface area (Å²) in [4.78, 5) is 37.8. The highest BCUT2D eigenvalue weighted by atomic mass is 16.6. The second-order valence-electron chi connectivity index (χ2n) is 8.41. The maximum absolute atomic E-state index is 13.3. The minimum Gasteiger partial charge on any atom is -0.494 e. The van der Waals surface area contributed by atoms with Crippen molar-refractivity contribution < 1.29 is 33.3 Å². The number of rotatable bonds is 10. The molecule has 0 bridgehead atoms. The number of hydrogen-bond acceptors (Lipinski definition) is 8. The molecule has 8 nitrogen and oxygen atoms in total. The number of carbonyl (C=O) groups is 3. The molecule has 1 aromatic carbocycles. The molecule has 1 aliphatic rings. The summed E-state index contributed by atoms with van der Waals surface area (Å²) in [5.41, 5.74) is -1.21. The number of hydrogen-bond donors (Lipinski definition) is 1. The molecule has 1 aliphatic carbocycles. The molecular weight excluding hydrogens is 414 g/mol. The highest BCUT2D eigenvalue weighted by molar-refractivity contribution is 5.88. The minimum atomic E-state index is -1.83. The molecule has 2 atom stereocenters. The van der Waals surface area contributed by atoms with Crippen molar-refractivity contribution in [2.75, 3.05) is 26.6 Å². The fourth-order valence-electron chi connectivity index (χ4n) is 3.82. The van der Waals surface area contributed by atoms with Crippen molar-refractivity contribution in [2.45, 2.75) is 58.7 Å². The number of aldehydes is 1. The molecule has 0 aromatic heterocycles. The van der Waals surface area contributed by atoms with Crippen LogP contribution in [0.25, 0.3) is 5.76 Å². The lowest BCUT2D eigenvalue weighted by Crippen LogP contribution is -2.52. The standard InChI is InChI=1S/C24H33NO7/c1-8-9-12-23(3,4)22(28)32-24(14-26)18-11-10-16(25-5)13-17(18)19(31-15(2)27)20(29-6)21(24)30-7/h10-11,13-14,21,25H,8-9,12H2,1-7H3. The van der Waals surface area contributed by atoms with E-state index in [4.69, 9.17) is 18.9 Å². The summed E-state index contributed by atoms with van der Waals surface area (Å²) in [5.74, 6) is -0.913. The average Bonchev–Trinajstić information content (AvgIpc) is 2.77. The Balaban J connectivity index is 2.75. The first-order valence-electron chi connectivity index (χ1n) is 10.6. The second-order valence-corrected chi connectivity index (χ2v) is 8.41. The predicted molar refractivity (Wildman–Crippen MR) is 120 cm³/mol. The van der Waals surface area contributed by atoms with E-state index in [-0.39, 0.29) is 11.5 Å². The average molecular weight is 448 g/mol. The molecule has 0 radical (unpaired) electrons. The molecule has 0 saturated heterocycles. The van der Waals surface area contributed by atoms with Gasteiger partial charge in [-0.15, -0.1) is 0 Å². The van der Waals surface area contributed by atoms with Gasteiger partial charge in [0.15, 0.2) is 23.9 Å². The van der Waals surface area contributed by atoms with Crippen LogP contribution in [0.5, 0.6) is 0 Å². The largest absolute Gasteiger partial charge is 0.494 e. The van der Waals surface area contributed by atoms with E-state index < -0.39 is 29.1 Å². The van der Waals surface area contributed by atoms with Crippen LogP contribution in [-0.2, 0) is 38.9 Å². The Kier molecular flexibility index (Phi) is 8.07. The zero-order chi connectivity index (χ0) is 24.1. The molecule has 0 heterocycles. The van der Waals surface area contributed by atoms with Crippen molar-refractivity contribution in [1.82, 2.24) is 0 Å². The Labute approximate surface area is 189 Å². The van der Waals surface area contributed by atoms with E-state index in [0.717, 1.165) is 12.8 Å². The summed E-state index contributed by atoms with van der Waals surface area (Å²) in [6.45, 7) is 6.88. The molecule has 2 unspecified atom stereocenters. The summed E-state index contributed by atoms with van der Waals surface area (Å²) in [6, 6.07) is 5.10. The number of ether oxygens (including phenoxy) is 4. The predicted octanol–water partition coefficient (Wildman–Crippen LogP) is 3.79. The van der Waals surface area contributed by atoms with Gasteiger partial charge in [-0.3, -0.25) is 14.4 Å². The van der Waals surface area contributed by atoms with Gasteiger partial charge in [-0.05, 0) is 32.4 Å². The van der Waals surface area contributed by atoms with E-state index in [1.807, 2.05) is 6.92 Å². The van der Waals surface area contributed by atoms with Crippen LogP contribution in [0.15, 0.2) is 24.0 Å². The number of carbonyl (C=O) groups excluding carboxylic acids is 3. The quantitative estimate of drug-likeness (QED) is 0.427. The molecule has 2 rings (SSSR count). The highest BCUT2D eigenvalue weighted by Gasteiger charge is 2.55. The monoisotopic (exact) mass is 447 g/mol. The van der Waals surface area contributed by atoms with Crippen LogP contribution in [0.4, 0.5) is 5.69 Å². The van der Waals surface area contributed by atoms with Crippen molar-refractivity contribution in [2.24, 2.45) is 5.41 Å². The lowest BCUT2D eigenvalue weighted by atomic mass is 9.78. The first-order valence-corrected chi connectivity index (χ1v) is 10.6. The topological polar surface area (TPSA) is 100 Å². The van der Waals surface area contributed by atoms with E-state index in [0.29, 0.717) is 29.5 Å². The molecule has 0 amide bonds. The van der Waals surface area contributed by atoms with Gasteiger partial charge in [0.1, 0.15) is 0 Å². The number of benzene rings is 1. The van der Waals surface area contributed by atoms with Crippen molar-refractivity contribution >= 4 is 29.7 Å². The summed E-state index contributed by atoms with van der Waals surface area (Å²) < 4.78 is 22.6. The zero-order valence-corrected chi connectivity index (χ0v) is 19.9. The van der Waals surface area contributed by atoms with Crippen molar-refractivity contribution in [3.05, 3.63) is 35.1 Å². The molecule has 1 aromatic rings. The molecule has 1 N–H and O–H groups in total. The van der Waals surface area contributed by atoms with Gasteiger partial charge in [-0.25, -0.2) is 0 Å². The van der Waals surface area contributed by atoms with E-state index in [1.165, 1.54) is 21.1 Å². The van der Waals surface area contributed by atoms with Crippen LogP contribution in [0.3, 0.4) is 0 Å². The van der Waals surface area contributed by atoms with Crippen molar-refractivity contribution in [1.29, 1.82) is 0 Å². The minimum absolute atomic E-state index is 0.0784. The van der Waals surface area contributed by atoms with E-state index in [2.05, 4.69) is 5.32 Å². The van der Waals surface area contributed by atoms with Gasteiger partial charge in [-0.2, -0.15) is 0 Å². The Morgan fingerprint density at radius 1 is 1.25 bits per heavy atom. The normalized spacial score (nSPS) is 20.3. The first kappa shape index (κ1) is 25.4.